The highest BCUT2D eigenvalue weighted by Gasteiger charge is 2.49. The molecule has 1 N–H and O–H groups in total. The number of alkyl halides is 3. The fraction of sp³-hybridized carbons (Fsp3) is 0.556. The van der Waals surface area contributed by atoms with Gasteiger partial charge in [0.05, 0.1) is 17.0 Å². The zero-order valence-corrected chi connectivity index (χ0v) is 14.4. The van der Waals surface area contributed by atoms with Crippen LogP contribution in [0.3, 0.4) is 0 Å². The summed E-state index contributed by atoms with van der Waals surface area (Å²) in [5, 5.41) is 9.78. The van der Waals surface area contributed by atoms with Crippen LogP contribution in [0.15, 0.2) is 24.3 Å². The molecule has 1 amide bonds. The molecule has 0 bridgehead atoms. The minimum atomic E-state index is -4.39. The molecule has 0 unspecified atom stereocenters. The van der Waals surface area contributed by atoms with Crippen molar-refractivity contribution in [1.29, 1.82) is 5.26 Å². The summed E-state index contributed by atoms with van der Waals surface area (Å²) in [6.45, 7) is 3.33. The molecule has 1 aromatic rings. The van der Waals surface area contributed by atoms with E-state index in [-0.39, 0.29) is 18.9 Å². The maximum absolute atomic E-state index is 13.4. The highest BCUT2D eigenvalue weighted by Crippen LogP contribution is 2.33. The Kier molecular flexibility index (Phi) is 5.73. The number of nitriles is 1. The van der Waals surface area contributed by atoms with Gasteiger partial charge in [-0.25, -0.2) is 5.01 Å². The van der Waals surface area contributed by atoms with Gasteiger partial charge in [0.15, 0.2) is 0 Å². The standard InChI is InChI=1S/C18H22F3N3O/c1-17(2)12-24(23-16(17)25)15(18(19,20)21)6-4-3-5-13-7-9-14(11-22)10-8-13/h7-10,15H,3-6,12H2,1-2H3,(H,23,25)/t15-/m0/s1. The minimum absolute atomic E-state index is 0.0473. The summed E-state index contributed by atoms with van der Waals surface area (Å²) in [7, 11) is 0. The van der Waals surface area contributed by atoms with Crippen LogP contribution in [-0.2, 0) is 11.2 Å². The Morgan fingerprint density at radius 1 is 1.28 bits per heavy atom. The average Bonchev–Trinajstić information content (AvgIpc) is 2.79. The van der Waals surface area contributed by atoms with Crippen LogP contribution in [0.1, 0.15) is 44.2 Å². The third-order valence-electron chi connectivity index (χ3n) is 4.46. The molecular formula is C18H22F3N3O. The largest absolute Gasteiger partial charge is 0.405 e. The summed E-state index contributed by atoms with van der Waals surface area (Å²) in [6.07, 6.45) is -2.77. The van der Waals surface area contributed by atoms with Crippen molar-refractivity contribution in [3.63, 3.8) is 0 Å². The van der Waals surface area contributed by atoms with Crippen LogP contribution < -0.4 is 5.43 Å². The van der Waals surface area contributed by atoms with Crippen LogP contribution in [-0.4, -0.2) is 29.7 Å². The zero-order chi connectivity index (χ0) is 18.7. The number of nitrogens with one attached hydrogen (secondary N) is 1. The number of carbonyl (C=O) groups is 1. The summed E-state index contributed by atoms with van der Waals surface area (Å²) < 4.78 is 40.1. The van der Waals surface area contributed by atoms with Crippen molar-refractivity contribution in [3.05, 3.63) is 35.4 Å². The van der Waals surface area contributed by atoms with Gasteiger partial charge in [0, 0.05) is 6.54 Å². The highest BCUT2D eigenvalue weighted by molar-refractivity contribution is 5.83. The van der Waals surface area contributed by atoms with Crippen LogP contribution >= 0.6 is 0 Å². The van der Waals surface area contributed by atoms with E-state index in [2.05, 4.69) is 5.43 Å². The molecule has 1 aliphatic heterocycles. The molecule has 1 saturated heterocycles. The smallest absolute Gasteiger partial charge is 0.288 e. The van der Waals surface area contributed by atoms with Crippen molar-refractivity contribution in [2.24, 2.45) is 5.41 Å². The van der Waals surface area contributed by atoms with Gasteiger partial charge >= 0.3 is 6.18 Å². The molecule has 1 atom stereocenters. The van der Waals surface area contributed by atoms with Crippen molar-refractivity contribution < 1.29 is 18.0 Å². The van der Waals surface area contributed by atoms with Gasteiger partial charge in [-0.3, -0.25) is 10.2 Å². The first-order valence-corrected chi connectivity index (χ1v) is 8.27. The Hall–Kier alpha value is -2.07. The van der Waals surface area contributed by atoms with Crippen molar-refractivity contribution >= 4 is 5.91 Å². The average molecular weight is 353 g/mol. The number of unbranched alkanes of at least 4 members (excludes halogenated alkanes) is 1. The topological polar surface area (TPSA) is 56.1 Å². The predicted molar refractivity (Wildman–Crippen MR) is 87.2 cm³/mol. The third kappa shape index (κ3) is 4.95. The second kappa shape index (κ2) is 7.44. The van der Waals surface area contributed by atoms with Gasteiger partial charge < -0.3 is 0 Å². The first kappa shape index (κ1) is 19.3. The molecule has 2 rings (SSSR count). The molecule has 4 nitrogen and oxygen atoms in total. The number of hydrogen-bond donors (Lipinski definition) is 1. The van der Waals surface area contributed by atoms with E-state index in [0.717, 1.165) is 10.6 Å². The van der Waals surface area contributed by atoms with E-state index in [1.54, 1.807) is 26.0 Å². The van der Waals surface area contributed by atoms with E-state index in [1.807, 2.05) is 18.2 Å². The highest BCUT2D eigenvalue weighted by atomic mass is 19.4. The summed E-state index contributed by atoms with van der Waals surface area (Å²) >= 11 is 0. The molecule has 0 spiro atoms. The van der Waals surface area contributed by atoms with Gasteiger partial charge in [-0.15, -0.1) is 0 Å². The van der Waals surface area contributed by atoms with Crippen LogP contribution in [0, 0.1) is 16.7 Å². The normalized spacial score (nSPS) is 18.6. The second-order valence-electron chi connectivity index (χ2n) is 7.06. The first-order valence-electron chi connectivity index (χ1n) is 8.27. The lowest BCUT2D eigenvalue weighted by atomic mass is 9.94. The molecule has 1 heterocycles. The number of nitrogens with zero attached hydrogens (tertiary/aromatic N) is 2. The fourth-order valence-electron chi connectivity index (χ4n) is 2.92. The van der Waals surface area contributed by atoms with Crippen molar-refractivity contribution in [2.45, 2.75) is 51.7 Å². The SMILES string of the molecule is CC1(C)CN([C@@H](CCCCc2ccc(C#N)cc2)C(F)(F)F)NC1=O. The minimum Gasteiger partial charge on any atom is -0.288 e. The van der Waals surface area contributed by atoms with Crippen molar-refractivity contribution in [3.8, 4) is 6.07 Å². The maximum Gasteiger partial charge on any atom is 0.405 e. The predicted octanol–water partition coefficient (Wildman–Crippen LogP) is 3.57. The fourth-order valence-corrected chi connectivity index (χ4v) is 2.92. The van der Waals surface area contributed by atoms with Crippen LogP contribution in [0.2, 0.25) is 0 Å². The lowest BCUT2D eigenvalue weighted by Crippen LogP contribution is -2.49. The maximum atomic E-state index is 13.4. The van der Waals surface area contributed by atoms with E-state index in [9.17, 15) is 18.0 Å². The number of carbonyl (C=O) groups excluding carboxylic acids is 1. The lowest BCUT2D eigenvalue weighted by molar-refractivity contribution is -0.190. The van der Waals surface area contributed by atoms with Crippen molar-refractivity contribution in [2.75, 3.05) is 6.54 Å². The number of amides is 1. The summed E-state index contributed by atoms with van der Waals surface area (Å²) in [5.41, 5.74) is 3.11. The van der Waals surface area contributed by atoms with Gasteiger partial charge in [0.2, 0.25) is 5.91 Å². The summed E-state index contributed by atoms with van der Waals surface area (Å²) in [5.74, 6) is -0.376. The number of hydrogen-bond acceptors (Lipinski definition) is 3. The number of rotatable bonds is 6. The molecule has 1 aliphatic rings. The Morgan fingerprint density at radius 3 is 2.40 bits per heavy atom. The Labute approximate surface area is 145 Å². The molecule has 0 saturated carbocycles. The van der Waals surface area contributed by atoms with Gasteiger partial charge in [0.1, 0.15) is 6.04 Å². The number of benzene rings is 1. The van der Waals surface area contributed by atoms with Crippen molar-refractivity contribution in [1.82, 2.24) is 10.4 Å². The molecule has 0 aliphatic carbocycles. The summed E-state index contributed by atoms with van der Waals surface area (Å²) in [6, 6.07) is 7.41. The Balaban J connectivity index is 1.88. The van der Waals surface area contributed by atoms with Gasteiger partial charge in [-0.2, -0.15) is 18.4 Å². The Morgan fingerprint density at radius 2 is 1.92 bits per heavy atom. The van der Waals surface area contributed by atoms with E-state index in [4.69, 9.17) is 5.26 Å². The number of halogens is 3. The first-order chi connectivity index (χ1) is 11.6. The zero-order valence-electron chi connectivity index (χ0n) is 14.4. The van der Waals surface area contributed by atoms with Gasteiger partial charge in [-0.1, -0.05) is 18.6 Å². The van der Waals surface area contributed by atoms with Crippen LogP contribution in [0.25, 0.3) is 0 Å². The quantitative estimate of drug-likeness (QED) is 0.796. The number of aryl methyl sites for hydroxylation is 1. The van der Waals surface area contributed by atoms with Crippen LogP contribution in [0.5, 0.6) is 0 Å². The number of hydrazine groups is 1. The Bertz CT molecular complexity index is 647. The molecule has 1 fully saturated rings. The molecule has 1 aromatic carbocycles. The molecule has 136 valence electrons. The van der Waals surface area contributed by atoms with Gasteiger partial charge in [-0.05, 0) is 50.8 Å². The van der Waals surface area contributed by atoms with E-state index < -0.39 is 17.6 Å². The van der Waals surface area contributed by atoms with E-state index in [1.165, 1.54) is 0 Å². The molecule has 0 radical (unpaired) electrons. The molecule has 0 aromatic heterocycles. The molecular weight excluding hydrogens is 331 g/mol. The summed E-state index contributed by atoms with van der Waals surface area (Å²) in [4.78, 5) is 11.8. The third-order valence-corrected chi connectivity index (χ3v) is 4.46. The molecule has 25 heavy (non-hydrogen) atoms. The van der Waals surface area contributed by atoms with Gasteiger partial charge in [0.25, 0.3) is 0 Å². The lowest BCUT2D eigenvalue weighted by Gasteiger charge is -2.29. The van der Waals surface area contributed by atoms with E-state index >= 15 is 0 Å². The monoisotopic (exact) mass is 353 g/mol. The molecule has 7 heteroatoms. The van der Waals surface area contributed by atoms with Crippen LogP contribution in [0.4, 0.5) is 13.2 Å². The second-order valence-corrected chi connectivity index (χ2v) is 7.06. The van der Waals surface area contributed by atoms with E-state index in [0.29, 0.717) is 24.8 Å².